The number of fused-ring (bicyclic) bond motifs is 1. The molecule has 3 aromatic rings. The predicted octanol–water partition coefficient (Wildman–Crippen LogP) is 5.00. The molecule has 0 spiro atoms. The zero-order valence-corrected chi connectivity index (χ0v) is 17.2. The minimum Gasteiger partial charge on any atom is -0.315 e. The fourth-order valence-electron chi connectivity index (χ4n) is 3.74. The second-order valence-corrected chi connectivity index (χ2v) is 8.33. The highest BCUT2D eigenvalue weighted by atomic mass is 79.9. The molecule has 1 aliphatic rings. The lowest BCUT2D eigenvalue weighted by atomic mass is 9.83. The summed E-state index contributed by atoms with van der Waals surface area (Å²) in [4.78, 5) is 17.5. The summed E-state index contributed by atoms with van der Waals surface area (Å²) in [7, 11) is 0. The monoisotopic (exact) mass is 444 g/mol. The highest BCUT2D eigenvalue weighted by Crippen LogP contribution is 2.34. The van der Waals surface area contributed by atoms with Crippen molar-refractivity contribution in [1.29, 1.82) is 5.26 Å². The van der Waals surface area contributed by atoms with Gasteiger partial charge in [-0.1, -0.05) is 31.4 Å². The maximum atomic E-state index is 9.32. The molecule has 1 saturated carbocycles. The van der Waals surface area contributed by atoms with Crippen LogP contribution in [0.15, 0.2) is 23.2 Å². The largest absolute Gasteiger partial charge is 0.315 e. The van der Waals surface area contributed by atoms with Crippen LogP contribution in [0.4, 0.5) is 0 Å². The van der Waals surface area contributed by atoms with Crippen LogP contribution in [0.5, 0.6) is 0 Å². The molecule has 3 heterocycles. The second-order valence-electron chi connectivity index (χ2n) is 7.19. The quantitative estimate of drug-likeness (QED) is 0.530. The van der Waals surface area contributed by atoms with Crippen LogP contribution < -0.4 is 0 Å². The van der Waals surface area contributed by atoms with E-state index in [2.05, 4.69) is 47.4 Å². The van der Waals surface area contributed by atoms with Gasteiger partial charge in [0, 0.05) is 24.5 Å². The molecule has 0 bridgehead atoms. The van der Waals surface area contributed by atoms with Gasteiger partial charge in [0.25, 0.3) is 0 Å². The average molecular weight is 446 g/mol. The third-order valence-corrected chi connectivity index (χ3v) is 6.02. The fraction of sp³-hybridized carbons (Fsp3) is 0.421. The van der Waals surface area contributed by atoms with Gasteiger partial charge in [0.15, 0.2) is 10.4 Å². The third-order valence-electron chi connectivity index (χ3n) is 5.21. The molecule has 0 amide bonds. The Morgan fingerprint density at radius 1 is 1.22 bits per heavy atom. The van der Waals surface area contributed by atoms with Crippen LogP contribution in [-0.4, -0.2) is 24.5 Å². The van der Waals surface area contributed by atoms with Crippen molar-refractivity contribution in [3.8, 4) is 17.3 Å². The van der Waals surface area contributed by atoms with E-state index in [4.69, 9.17) is 11.6 Å². The van der Waals surface area contributed by atoms with E-state index in [1.54, 1.807) is 18.5 Å². The van der Waals surface area contributed by atoms with Crippen LogP contribution >= 0.6 is 27.5 Å². The van der Waals surface area contributed by atoms with Crippen LogP contribution in [0.25, 0.3) is 22.4 Å². The highest BCUT2D eigenvalue weighted by Gasteiger charge is 2.23. The molecule has 0 saturated heterocycles. The van der Waals surface area contributed by atoms with Gasteiger partial charge < -0.3 is 4.57 Å². The van der Waals surface area contributed by atoms with Gasteiger partial charge in [-0.15, -0.1) is 0 Å². The SMILES string of the molecule is CC1CCC(Cn2c(Br)nc3nc(C#N)nc(-c4cncc(Cl)c4)c32)CC1. The lowest BCUT2D eigenvalue weighted by Gasteiger charge is -2.26. The van der Waals surface area contributed by atoms with E-state index >= 15 is 0 Å². The zero-order chi connectivity index (χ0) is 19.0. The van der Waals surface area contributed by atoms with Gasteiger partial charge in [0.05, 0.1) is 5.02 Å². The van der Waals surface area contributed by atoms with Gasteiger partial charge in [0.2, 0.25) is 5.82 Å². The fourth-order valence-corrected chi connectivity index (χ4v) is 4.40. The van der Waals surface area contributed by atoms with Gasteiger partial charge in [-0.3, -0.25) is 4.98 Å². The van der Waals surface area contributed by atoms with E-state index in [1.807, 2.05) is 6.07 Å². The Balaban J connectivity index is 1.85. The molecule has 0 unspecified atom stereocenters. The first-order valence-corrected chi connectivity index (χ1v) is 10.2. The van der Waals surface area contributed by atoms with Crippen molar-refractivity contribution in [3.63, 3.8) is 0 Å². The highest BCUT2D eigenvalue weighted by molar-refractivity contribution is 9.10. The summed E-state index contributed by atoms with van der Waals surface area (Å²) in [5.41, 5.74) is 2.70. The molecule has 1 aliphatic carbocycles. The Hall–Kier alpha value is -2.04. The minimum atomic E-state index is 0.0844. The van der Waals surface area contributed by atoms with E-state index in [0.717, 1.165) is 23.5 Å². The Labute approximate surface area is 170 Å². The normalized spacial score (nSPS) is 19.9. The van der Waals surface area contributed by atoms with E-state index in [9.17, 15) is 5.26 Å². The van der Waals surface area contributed by atoms with Gasteiger partial charge in [0.1, 0.15) is 17.3 Å². The summed E-state index contributed by atoms with van der Waals surface area (Å²) in [6.07, 6.45) is 8.20. The number of hydrogen-bond acceptors (Lipinski definition) is 5. The zero-order valence-electron chi connectivity index (χ0n) is 14.9. The molecule has 6 nitrogen and oxygen atoms in total. The number of rotatable bonds is 3. The van der Waals surface area contributed by atoms with E-state index in [1.165, 1.54) is 25.7 Å². The number of hydrogen-bond donors (Lipinski definition) is 0. The summed E-state index contributed by atoms with van der Waals surface area (Å²) >= 11 is 9.71. The van der Waals surface area contributed by atoms with E-state index in [-0.39, 0.29) is 5.82 Å². The molecule has 138 valence electrons. The molecule has 4 rings (SSSR count). The molecule has 0 radical (unpaired) electrons. The standard InChI is InChI=1S/C19H18BrClN6/c1-11-2-4-12(5-3-11)10-27-17-16(13-6-14(21)9-23-8-13)24-15(7-22)25-18(17)26-19(27)20/h6,8-9,11-12H,2-5,10H2,1H3. The first-order valence-electron chi connectivity index (χ1n) is 9.00. The predicted molar refractivity (Wildman–Crippen MR) is 107 cm³/mol. The van der Waals surface area contributed by atoms with E-state index < -0.39 is 0 Å². The lowest BCUT2D eigenvalue weighted by Crippen LogP contribution is -2.18. The van der Waals surface area contributed by atoms with Gasteiger partial charge in [-0.25, -0.2) is 9.97 Å². The van der Waals surface area contributed by atoms with Crippen LogP contribution in [0.3, 0.4) is 0 Å². The van der Waals surface area contributed by atoms with Crippen molar-refractivity contribution >= 4 is 38.7 Å². The molecule has 0 atom stereocenters. The first-order chi connectivity index (χ1) is 13.0. The Kier molecular flexibility index (Phi) is 5.11. The summed E-state index contributed by atoms with van der Waals surface area (Å²) in [6.45, 7) is 3.17. The van der Waals surface area contributed by atoms with Crippen LogP contribution in [0.2, 0.25) is 5.02 Å². The lowest BCUT2D eigenvalue weighted by molar-refractivity contribution is 0.265. The Bertz CT molecular complexity index is 1030. The minimum absolute atomic E-state index is 0.0844. The van der Waals surface area contributed by atoms with Gasteiger partial charge >= 0.3 is 0 Å². The summed E-state index contributed by atoms with van der Waals surface area (Å²) in [5.74, 6) is 1.48. The van der Waals surface area contributed by atoms with Crippen molar-refractivity contribution in [2.75, 3.05) is 0 Å². The molecule has 0 N–H and O–H groups in total. The van der Waals surface area contributed by atoms with Gasteiger partial charge in [-0.05, 0) is 46.7 Å². The maximum absolute atomic E-state index is 9.32. The molecular weight excluding hydrogens is 428 g/mol. The second kappa shape index (κ2) is 7.53. The average Bonchev–Trinajstić information content (AvgIpc) is 2.98. The molecule has 27 heavy (non-hydrogen) atoms. The topological polar surface area (TPSA) is 80.3 Å². The number of aromatic nitrogens is 5. The first kappa shape index (κ1) is 18.3. The Morgan fingerprint density at radius 2 is 2.00 bits per heavy atom. The van der Waals surface area contributed by atoms with Crippen molar-refractivity contribution in [1.82, 2.24) is 24.5 Å². The molecular formula is C19H18BrClN6. The number of nitrogens with zero attached hydrogens (tertiary/aromatic N) is 6. The molecule has 0 aliphatic heterocycles. The van der Waals surface area contributed by atoms with Crippen LogP contribution in [-0.2, 0) is 6.54 Å². The van der Waals surface area contributed by atoms with Crippen LogP contribution in [0, 0.1) is 23.2 Å². The summed E-state index contributed by atoms with van der Waals surface area (Å²) in [6, 6.07) is 3.82. The maximum Gasteiger partial charge on any atom is 0.234 e. The van der Waals surface area contributed by atoms with E-state index in [0.29, 0.717) is 27.0 Å². The van der Waals surface area contributed by atoms with Crippen molar-refractivity contribution in [2.45, 2.75) is 39.2 Å². The number of nitriles is 1. The van der Waals surface area contributed by atoms with Crippen molar-refractivity contribution < 1.29 is 0 Å². The third kappa shape index (κ3) is 3.69. The smallest absolute Gasteiger partial charge is 0.234 e. The number of halogens is 2. The molecule has 3 aromatic heterocycles. The molecule has 0 aromatic carbocycles. The molecule has 1 fully saturated rings. The van der Waals surface area contributed by atoms with Crippen LogP contribution in [0.1, 0.15) is 38.4 Å². The Morgan fingerprint density at radius 3 is 2.70 bits per heavy atom. The van der Waals surface area contributed by atoms with Crippen molar-refractivity contribution in [2.24, 2.45) is 11.8 Å². The summed E-state index contributed by atoms with van der Waals surface area (Å²) < 4.78 is 2.82. The number of pyridine rings is 1. The van der Waals surface area contributed by atoms with Gasteiger partial charge in [-0.2, -0.15) is 10.2 Å². The summed E-state index contributed by atoms with van der Waals surface area (Å²) in [5, 5.41) is 9.84. The number of imidazole rings is 1. The molecule has 8 heteroatoms. The van der Waals surface area contributed by atoms with Crippen molar-refractivity contribution in [3.05, 3.63) is 34.0 Å².